The normalized spacial score (nSPS) is 20.6. The van der Waals surface area contributed by atoms with Crippen LogP contribution in [0.1, 0.15) is 61.6 Å². The molecule has 190 valence electrons. The minimum Gasteiger partial charge on any atom is -0.496 e. The van der Waals surface area contributed by atoms with Gasteiger partial charge in [-0.15, -0.1) is 0 Å². The predicted octanol–water partition coefficient (Wildman–Crippen LogP) is 4.31. The number of amides is 2. The van der Waals surface area contributed by atoms with Crippen molar-refractivity contribution in [2.75, 3.05) is 14.2 Å². The second-order valence-corrected chi connectivity index (χ2v) is 10.00. The van der Waals surface area contributed by atoms with Crippen molar-refractivity contribution in [1.82, 2.24) is 19.8 Å². The van der Waals surface area contributed by atoms with Gasteiger partial charge in [-0.3, -0.25) is 14.6 Å². The van der Waals surface area contributed by atoms with Crippen LogP contribution in [0.2, 0.25) is 0 Å². The van der Waals surface area contributed by atoms with Crippen LogP contribution in [0.15, 0.2) is 42.6 Å². The van der Waals surface area contributed by atoms with Crippen molar-refractivity contribution >= 4 is 22.7 Å². The van der Waals surface area contributed by atoms with E-state index in [0.717, 1.165) is 42.3 Å². The molecule has 8 heteroatoms. The minimum absolute atomic E-state index is 0.126. The smallest absolute Gasteiger partial charge is 0.271 e. The first-order valence-corrected chi connectivity index (χ1v) is 12.7. The number of carbonyl (C=O) groups is 2. The van der Waals surface area contributed by atoms with Gasteiger partial charge in [-0.05, 0) is 50.1 Å². The molecule has 0 radical (unpaired) electrons. The molecule has 2 aliphatic rings. The summed E-state index contributed by atoms with van der Waals surface area (Å²) in [6.45, 7) is 2.40. The molecule has 1 aliphatic heterocycles. The van der Waals surface area contributed by atoms with Crippen molar-refractivity contribution in [3.63, 3.8) is 0 Å². The quantitative estimate of drug-likeness (QED) is 0.521. The molecule has 2 amide bonds. The number of pyridine rings is 1. The van der Waals surface area contributed by atoms with E-state index in [1.54, 1.807) is 25.3 Å². The second kappa shape index (κ2) is 9.84. The van der Waals surface area contributed by atoms with Crippen LogP contribution >= 0.6 is 0 Å². The number of fused-ring (bicyclic) bond motifs is 3. The number of carbonyl (C=O) groups excluding carboxylic acids is 2. The lowest BCUT2D eigenvalue weighted by Gasteiger charge is -2.44. The first-order valence-electron chi connectivity index (χ1n) is 12.7. The SMILES string of the molecule is COc1ccc(OC)c2c1cc1n2C[C@](C)(C(=O)NC2CCCCCC2)N(Cc2ccccn2)C1=O. The summed E-state index contributed by atoms with van der Waals surface area (Å²) in [5.74, 6) is 0.940. The fourth-order valence-corrected chi connectivity index (χ4v) is 5.62. The van der Waals surface area contributed by atoms with Crippen LogP contribution in [0.5, 0.6) is 11.5 Å². The average molecular weight is 491 g/mol. The van der Waals surface area contributed by atoms with E-state index in [1.165, 1.54) is 12.8 Å². The summed E-state index contributed by atoms with van der Waals surface area (Å²) >= 11 is 0. The van der Waals surface area contributed by atoms with Gasteiger partial charge in [-0.2, -0.15) is 0 Å². The van der Waals surface area contributed by atoms with Crippen LogP contribution in [-0.2, 0) is 17.9 Å². The maximum Gasteiger partial charge on any atom is 0.271 e. The van der Waals surface area contributed by atoms with Crippen LogP contribution in [0.25, 0.3) is 10.9 Å². The summed E-state index contributed by atoms with van der Waals surface area (Å²) in [5, 5.41) is 4.09. The van der Waals surface area contributed by atoms with E-state index in [1.807, 2.05) is 47.9 Å². The average Bonchev–Trinajstić information content (AvgIpc) is 3.08. The highest BCUT2D eigenvalue weighted by Crippen LogP contribution is 2.40. The van der Waals surface area contributed by atoms with Gasteiger partial charge in [-0.25, -0.2) is 0 Å². The number of ether oxygens (including phenoxy) is 2. The summed E-state index contributed by atoms with van der Waals surface area (Å²) in [7, 11) is 3.22. The van der Waals surface area contributed by atoms with E-state index < -0.39 is 5.54 Å². The largest absolute Gasteiger partial charge is 0.496 e. The molecule has 8 nitrogen and oxygen atoms in total. The molecule has 1 aliphatic carbocycles. The molecule has 0 bridgehead atoms. The zero-order chi connectivity index (χ0) is 25.3. The van der Waals surface area contributed by atoms with E-state index in [-0.39, 0.29) is 24.4 Å². The molecule has 1 saturated carbocycles. The van der Waals surface area contributed by atoms with Gasteiger partial charge in [0.15, 0.2) is 0 Å². The molecule has 5 rings (SSSR count). The lowest BCUT2D eigenvalue weighted by atomic mass is 9.93. The molecule has 3 aromatic rings. The molecule has 1 fully saturated rings. The third kappa shape index (κ3) is 4.18. The van der Waals surface area contributed by atoms with Gasteiger partial charge < -0.3 is 24.3 Å². The standard InChI is InChI=1S/C28H34N4O4/c1-28(27(34)30-19-10-6-4-5-7-11-19)18-31-22(26(33)32(28)17-20-12-8-9-15-29-20)16-21-23(35-2)13-14-24(36-3)25(21)31/h8-9,12-16,19H,4-7,10-11,17-18H2,1-3H3,(H,30,34)/t28-/m1/s1. The van der Waals surface area contributed by atoms with Crippen LogP contribution in [0, 0.1) is 0 Å². The van der Waals surface area contributed by atoms with E-state index in [2.05, 4.69) is 10.3 Å². The maximum absolute atomic E-state index is 14.1. The number of hydrogen-bond donors (Lipinski definition) is 1. The third-order valence-corrected chi connectivity index (χ3v) is 7.67. The lowest BCUT2D eigenvalue weighted by Crippen LogP contribution is -2.64. The van der Waals surface area contributed by atoms with Gasteiger partial charge in [-0.1, -0.05) is 31.7 Å². The fraction of sp³-hybridized carbons (Fsp3) is 0.464. The third-order valence-electron chi connectivity index (χ3n) is 7.67. The number of nitrogens with zero attached hydrogens (tertiary/aromatic N) is 3. The Hall–Kier alpha value is -3.55. The van der Waals surface area contributed by atoms with E-state index in [9.17, 15) is 9.59 Å². The Morgan fingerprint density at radius 2 is 1.81 bits per heavy atom. The zero-order valence-corrected chi connectivity index (χ0v) is 21.3. The Labute approximate surface area is 211 Å². The van der Waals surface area contributed by atoms with Crippen molar-refractivity contribution < 1.29 is 19.1 Å². The summed E-state index contributed by atoms with van der Waals surface area (Å²) in [4.78, 5) is 34.2. The monoisotopic (exact) mass is 490 g/mol. The number of benzene rings is 1. The lowest BCUT2D eigenvalue weighted by molar-refractivity contribution is -0.134. The number of hydrogen-bond acceptors (Lipinski definition) is 5. The number of aromatic nitrogens is 2. The molecule has 2 aromatic heterocycles. The highest BCUT2D eigenvalue weighted by molar-refractivity contribution is 6.05. The van der Waals surface area contributed by atoms with Crippen molar-refractivity contribution in [3.8, 4) is 11.5 Å². The first-order chi connectivity index (χ1) is 17.5. The molecular weight excluding hydrogens is 456 g/mol. The highest BCUT2D eigenvalue weighted by atomic mass is 16.5. The second-order valence-electron chi connectivity index (χ2n) is 10.00. The predicted molar refractivity (Wildman–Crippen MR) is 137 cm³/mol. The Balaban J connectivity index is 1.60. The van der Waals surface area contributed by atoms with Gasteiger partial charge in [0.25, 0.3) is 5.91 Å². The molecule has 1 N–H and O–H groups in total. The Bertz CT molecular complexity index is 1260. The minimum atomic E-state index is -1.12. The Morgan fingerprint density at radius 3 is 2.47 bits per heavy atom. The summed E-state index contributed by atoms with van der Waals surface area (Å²) in [6, 6.07) is 11.3. The van der Waals surface area contributed by atoms with Crippen molar-refractivity contribution in [2.45, 2.75) is 70.1 Å². The molecule has 0 unspecified atom stereocenters. The van der Waals surface area contributed by atoms with Crippen molar-refractivity contribution in [3.05, 3.63) is 54.0 Å². The van der Waals surface area contributed by atoms with E-state index >= 15 is 0 Å². The molecular formula is C28H34N4O4. The van der Waals surface area contributed by atoms with E-state index in [0.29, 0.717) is 23.7 Å². The van der Waals surface area contributed by atoms with Gasteiger partial charge in [0.05, 0.1) is 38.5 Å². The highest BCUT2D eigenvalue weighted by Gasteiger charge is 2.48. The zero-order valence-electron chi connectivity index (χ0n) is 21.3. The summed E-state index contributed by atoms with van der Waals surface area (Å²) in [5.41, 5.74) is 0.877. The topological polar surface area (TPSA) is 85.7 Å². The van der Waals surface area contributed by atoms with Gasteiger partial charge in [0.2, 0.25) is 5.91 Å². The Morgan fingerprint density at radius 1 is 1.08 bits per heavy atom. The summed E-state index contributed by atoms with van der Waals surface area (Å²) in [6.07, 6.45) is 8.28. The van der Waals surface area contributed by atoms with Gasteiger partial charge in [0, 0.05) is 17.6 Å². The number of methoxy groups -OCH3 is 2. The van der Waals surface area contributed by atoms with Crippen molar-refractivity contribution in [1.29, 1.82) is 0 Å². The summed E-state index contributed by atoms with van der Waals surface area (Å²) < 4.78 is 13.2. The first kappa shape index (κ1) is 24.2. The molecule has 3 heterocycles. The maximum atomic E-state index is 14.1. The van der Waals surface area contributed by atoms with Crippen LogP contribution in [0.4, 0.5) is 0 Å². The molecule has 0 saturated heterocycles. The van der Waals surface area contributed by atoms with Crippen LogP contribution in [0.3, 0.4) is 0 Å². The van der Waals surface area contributed by atoms with Gasteiger partial charge >= 0.3 is 0 Å². The number of rotatable bonds is 6. The molecule has 0 spiro atoms. The molecule has 1 aromatic carbocycles. The number of nitrogens with one attached hydrogen (secondary N) is 1. The molecule has 1 atom stereocenters. The Kier molecular flexibility index (Phi) is 6.60. The van der Waals surface area contributed by atoms with Crippen LogP contribution < -0.4 is 14.8 Å². The molecule has 36 heavy (non-hydrogen) atoms. The van der Waals surface area contributed by atoms with E-state index in [4.69, 9.17) is 9.47 Å². The van der Waals surface area contributed by atoms with Gasteiger partial charge in [0.1, 0.15) is 22.7 Å². The fourth-order valence-electron chi connectivity index (χ4n) is 5.62. The van der Waals surface area contributed by atoms with Crippen molar-refractivity contribution in [2.24, 2.45) is 0 Å². The van der Waals surface area contributed by atoms with Crippen LogP contribution in [-0.4, -0.2) is 52.1 Å².